The summed E-state index contributed by atoms with van der Waals surface area (Å²) < 4.78 is 6.01. The van der Waals surface area contributed by atoms with Gasteiger partial charge in [0.15, 0.2) is 0 Å². The van der Waals surface area contributed by atoms with Crippen molar-refractivity contribution in [1.29, 1.82) is 0 Å². The van der Waals surface area contributed by atoms with Crippen molar-refractivity contribution >= 4 is 0 Å². The minimum Gasteiger partial charge on any atom is -0.487 e. The van der Waals surface area contributed by atoms with Crippen LogP contribution in [0.5, 0.6) is 5.75 Å². The molecule has 98 valence electrons. The summed E-state index contributed by atoms with van der Waals surface area (Å²) in [7, 11) is 0. The summed E-state index contributed by atoms with van der Waals surface area (Å²) in [6.45, 7) is 8.46. The first-order chi connectivity index (χ1) is 8.94. The van der Waals surface area contributed by atoms with Gasteiger partial charge in [0.2, 0.25) is 0 Å². The second-order valence-electron chi connectivity index (χ2n) is 6.03. The van der Waals surface area contributed by atoms with Crippen LogP contribution in [-0.2, 0) is 6.42 Å². The van der Waals surface area contributed by atoms with Gasteiger partial charge < -0.3 is 4.74 Å². The first-order valence-electron chi connectivity index (χ1n) is 6.70. The fourth-order valence-corrected chi connectivity index (χ4v) is 2.68. The minimum absolute atomic E-state index is 0.0892. The average molecular weight is 253 g/mol. The van der Waals surface area contributed by atoms with Gasteiger partial charge in [-0.2, -0.15) is 0 Å². The van der Waals surface area contributed by atoms with Crippen molar-refractivity contribution in [1.82, 2.24) is 4.98 Å². The van der Waals surface area contributed by atoms with Crippen LogP contribution in [0.1, 0.15) is 30.5 Å². The lowest BCUT2D eigenvalue weighted by atomic mass is 9.97. The lowest BCUT2D eigenvalue weighted by Gasteiger charge is -2.17. The van der Waals surface area contributed by atoms with Crippen molar-refractivity contribution in [3.8, 4) is 17.0 Å². The summed E-state index contributed by atoms with van der Waals surface area (Å²) in [6.07, 6.45) is 2.89. The number of nitrogens with zero attached hydrogens (tertiary/aromatic N) is 1. The predicted molar refractivity (Wildman–Crippen MR) is 77.6 cm³/mol. The Morgan fingerprint density at radius 2 is 1.95 bits per heavy atom. The van der Waals surface area contributed by atoms with Crippen LogP contribution in [0.15, 0.2) is 30.5 Å². The van der Waals surface area contributed by atoms with E-state index < -0.39 is 0 Å². The molecule has 0 atom stereocenters. The largest absolute Gasteiger partial charge is 0.487 e. The zero-order valence-corrected chi connectivity index (χ0v) is 11.9. The predicted octanol–water partition coefficient (Wildman–Crippen LogP) is 4.08. The van der Waals surface area contributed by atoms with Gasteiger partial charge in [0, 0.05) is 18.2 Å². The molecule has 0 spiro atoms. The molecule has 1 aromatic carbocycles. The Bertz CT molecular complexity index is 626. The Balaban J connectivity index is 2.07. The molecule has 0 N–H and O–H groups in total. The standard InChI is InChI=1S/C17H19NO/c1-11-5-6-15(18-10-11)14-8-16-13(7-12(14)2)9-17(3,4)19-16/h5-8,10H,9H2,1-4H3. The highest BCUT2D eigenvalue weighted by atomic mass is 16.5. The van der Waals surface area contributed by atoms with Crippen LogP contribution >= 0.6 is 0 Å². The van der Waals surface area contributed by atoms with Crippen molar-refractivity contribution < 1.29 is 4.74 Å². The van der Waals surface area contributed by atoms with Gasteiger partial charge in [-0.3, -0.25) is 4.98 Å². The maximum absolute atomic E-state index is 6.01. The highest BCUT2D eigenvalue weighted by molar-refractivity contribution is 5.67. The number of benzene rings is 1. The topological polar surface area (TPSA) is 22.1 Å². The molecule has 2 nitrogen and oxygen atoms in total. The number of pyridine rings is 1. The van der Waals surface area contributed by atoms with Gasteiger partial charge in [-0.05, 0) is 56.5 Å². The van der Waals surface area contributed by atoms with E-state index in [9.17, 15) is 0 Å². The van der Waals surface area contributed by atoms with E-state index in [0.717, 1.165) is 23.4 Å². The second kappa shape index (κ2) is 4.09. The molecule has 0 aliphatic carbocycles. The van der Waals surface area contributed by atoms with Crippen molar-refractivity contribution in [3.63, 3.8) is 0 Å². The Hall–Kier alpha value is -1.83. The van der Waals surface area contributed by atoms with Crippen LogP contribution in [-0.4, -0.2) is 10.6 Å². The Morgan fingerprint density at radius 1 is 1.16 bits per heavy atom. The van der Waals surface area contributed by atoms with E-state index in [0.29, 0.717) is 0 Å². The number of ether oxygens (including phenoxy) is 1. The molecule has 1 aliphatic heterocycles. The molecule has 0 saturated heterocycles. The molecule has 1 aromatic heterocycles. The molecule has 0 radical (unpaired) electrons. The molecule has 2 heteroatoms. The number of hydrogen-bond donors (Lipinski definition) is 0. The highest BCUT2D eigenvalue weighted by Crippen LogP contribution is 2.38. The van der Waals surface area contributed by atoms with Crippen LogP contribution in [0.2, 0.25) is 0 Å². The molecule has 19 heavy (non-hydrogen) atoms. The molecular formula is C17H19NO. The van der Waals surface area contributed by atoms with Crippen LogP contribution in [0, 0.1) is 13.8 Å². The zero-order chi connectivity index (χ0) is 13.6. The summed E-state index contributed by atoms with van der Waals surface area (Å²) in [4.78, 5) is 4.52. The highest BCUT2D eigenvalue weighted by Gasteiger charge is 2.30. The Kier molecular flexibility index (Phi) is 2.63. The molecule has 2 aromatic rings. The lowest BCUT2D eigenvalue weighted by Crippen LogP contribution is -2.24. The molecule has 0 fully saturated rings. The van der Waals surface area contributed by atoms with Crippen LogP contribution in [0.3, 0.4) is 0 Å². The molecule has 0 unspecified atom stereocenters. The van der Waals surface area contributed by atoms with Crippen molar-refractivity contribution in [2.45, 2.75) is 39.7 Å². The summed E-state index contributed by atoms with van der Waals surface area (Å²) in [5.74, 6) is 1.01. The van der Waals surface area contributed by atoms with Crippen LogP contribution in [0.25, 0.3) is 11.3 Å². The van der Waals surface area contributed by atoms with E-state index in [1.165, 1.54) is 16.7 Å². The number of fused-ring (bicyclic) bond motifs is 1. The molecule has 3 rings (SSSR count). The van der Waals surface area contributed by atoms with E-state index in [-0.39, 0.29) is 5.60 Å². The number of rotatable bonds is 1. The second-order valence-corrected chi connectivity index (χ2v) is 6.03. The summed E-state index contributed by atoms with van der Waals surface area (Å²) in [5, 5.41) is 0. The summed E-state index contributed by atoms with van der Waals surface area (Å²) in [5.41, 5.74) is 5.83. The van der Waals surface area contributed by atoms with Crippen LogP contribution in [0.4, 0.5) is 0 Å². The fourth-order valence-electron chi connectivity index (χ4n) is 2.68. The Labute approximate surface area is 114 Å². The average Bonchev–Trinajstić information content (AvgIpc) is 2.62. The molecule has 0 bridgehead atoms. The molecule has 1 aliphatic rings. The maximum atomic E-state index is 6.01. The first kappa shape index (κ1) is 12.2. The van der Waals surface area contributed by atoms with Gasteiger partial charge >= 0.3 is 0 Å². The zero-order valence-electron chi connectivity index (χ0n) is 11.9. The first-order valence-corrected chi connectivity index (χ1v) is 6.70. The van der Waals surface area contributed by atoms with E-state index in [4.69, 9.17) is 4.74 Å². The number of hydrogen-bond acceptors (Lipinski definition) is 2. The molecule has 2 heterocycles. The monoisotopic (exact) mass is 253 g/mol. The van der Waals surface area contributed by atoms with Crippen molar-refractivity contribution in [2.75, 3.05) is 0 Å². The third-order valence-electron chi connectivity index (χ3n) is 3.60. The van der Waals surface area contributed by atoms with Crippen molar-refractivity contribution in [3.05, 3.63) is 47.2 Å². The van der Waals surface area contributed by atoms with Gasteiger partial charge in [-0.25, -0.2) is 0 Å². The van der Waals surface area contributed by atoms with E-state index in [2.05, 4.69) is 56.9 Å². The molecular weight excluding hydrogens is 234 g/mol. The fraction of sp³-hybridized carbons (Fsp3) is 0.353. The van der Waals surface area contributed by atoms with Gasteiger partial charge in [-0.15, -0.1) is 0 Å². The third-order valence-corrected chi connectivity index (χ3v) is 3.60. The Morgan fingerprint density at radius 3 is 2.63 bits per heavy atom. The van der Waals surface area contributed by atoms with Crippen molar-refractivity contribution in [2.24, 2.45) is 0 Å². The number of aryl methyl sites for hydroxylation is 2. The summed E-state index contributed by atoms with van der Waals surface area (Å²) in [6, 6.07) is 8.54. The van der Waals surface area contributed by atoms with Gasteiger partial charge in [0.25, 0.3) is 0 Å². The van der Waals surface area contributed by atoms with Gasteiger partial charge in [0.1, 0.15) is 11.4 Å². The quantitative estimate of drug-likeness (QED) is 0.764. The third kappa shape index (κ3) is 2.23. The normalized spacial score (nSPS) is 16.0. The SMILES string of the molecule is Cc1ccc(-c2cc3c(cc2C)CC(C)(C)O3)nc1. The van der Waals surface area contributed by atoms with E-state index >= 15 is 0 Å². The number of aromatic nitrogens is 1. The summed E-state index contributed by atoms with van der Waals surface area (Å²) >= 11 is 0. The van der Waals surface area contributed by atoms with Gasteiger partial charge in [0.05, 0.1) is 5.69 Å². The maximum Gasteiger partial charge on any atom is 0.124 e. The van der Waals surface area contributed by atoms with Gasteiger partial charge in [-0.1, -0.05) is 12.1 Å². The van der Waals surface area contributed by atoms with Crippen LogP contribution < -0.4 is 4.74 Å². The molecule has 0 saturated carbocycles. The van der Waals surface area contributed by atoms with E-state index in [1.807, 2.05) is 6.20 Å². The smallest absolute Gasteiger partial charge is 0.124 e. The lowest BCUT2D eigenvalue weighted by molar-refractivity contribution is 0.138. The van der Waals surface area contributed by atoms with E-state index in [1.54, 1.807) is 0 Å². The minimum atomic E-state index is -0.0892. The molecule has 0 amide bonds.